The van der Waals surface area contributed by atoms with Gasteiger partial charge in [0.15, 0.2) is 6.61 Å². The van der Waals surface area contributed by atoms with Crippen LogP contribution in [0.1, 0.15) is 6.42 Å². The number of rotatable bonds is 6. The van der Waals surface area contributed by atoms with E-state index in [9.17, 15) is 14.4 Å². The van der Waals surface area contributed by atoms with Crippen LogP contribution in [0.4, 0.5) is 0 Å². The van der Waals surface area contributed by atoms with Gasteiger partial charge in [-0.25, -0.2) is 0 Å². The van der Waals surface area contributed by atoms with Crippen LogP contribution in [0.15, 0.2) is 30.3 Å². The maximum absolute atomic E-state index is 11.5. The Morgan fingerprint density at radius 3 is 2.70 bits per heavy atom. The third-order valence-corrected chi connectivity index (χ3v) is 3.49. The van der Waals surface area contributed by atoms with Crippen molar-refractivity contribution in [1.29, 1.82) is 0 Å². The van der Waals surface area contributed by atoms with Crippen molar-refractivity contribution in [3.8, 4) is 5.75 Å². The van der Waals surface area contributed by atoms with Gasteiger partial charge in [0.1, 0.15) is 5.75 Å². The number of β-lactam (4-membered cyclic amide) rings is 1. The van der Waals surface area contributed by atoms with E-state index in [1.807, 2.05) is 6.07 Å². The molecule has 0 spiro atoms. The summed E-state index contributed by atoms with van der Waals surface area (Å²) in [7, 11) is 0. The summed E-state index contributed by atoms with van der Waals surface area (Å²) in [6.07, 6.45) is 0.349. The van der Waals surface area contributed by atoms with Gasteiger partial charge in [-0.3, -0.25) is 14.4 Å². The number of carbonyl (C=O) groups excluding carboxylic acids is 3. The highest BCUT2D eigenvalue weighted by molar-refractivity contribution is 8.14. The molecule has 106 valence electrons. The Labute approximate surface area is 120 Å². The highest BCUT2D eigenvalue weighted by Gasteiger charge is 2.27. The van der Waals surface area contributed by atoms with Crippen LogP contribution < -0.4 is 15.4 Å². The van der Waals surface area contributed by atoms with Crippen LogP contribution in [0.5, 0.6) is 5.75 Å². The fourth-order valence-corrected chi connectivity index (χ4v) is 2.38. The first-order valence-corrected chi connectivity index (χ1v) is 6.95. The first-order valence-electron chi connectivity index (χ1n) is 6.07. The van der Waals surface area contributed by atoms with Crippen LogP contribution in [0.3, 0.4) is 0 Å². The lowest BCUT2D eigenvalue weighted by atomic mass is 10.3. The smallest absolute Gasteiger partial charge is 0.258 e. The molecule has 0 aromatic heterocycles. The zero-order valence-corrected chi connectivity index (χ0v) is 11.4. The number of ether oxygens (including phenoxy) is 1. The lowest BCUT2D eigenvalue weighted by Crippen LogP contribution is -2.47. The second-order valence-corrected chi connectivity index (χ2v) is 5.39. The molecular weight excluding hydrogens is 280 g/mol. The van der Waals surface area contributed by atoms with Gasteiger partial charge in [-0.15, -0.1) is 0 Å². The molecule has 1 aliphatic heterocycles. The van der Waals surface area contributed by atoms with Gasteiger partial charge in [-0.05, 0) is 12.1 Å². The Hall–Kier alpha value is -2.02. The van der Waals surface area contributed by atoms with Gasteiger partial charge >= 0.3 is 0 Å². The number of para-hydroxylation sites is 1. The van der Waals surface area contributed by atoms with E-state index < -0.39 is 0 Å². The first kappa shape index (κ1) is 14.4. The minimum Gasteiger partial charge on any atom is -0.484 e. The fourth-order valence-electron chi connectivity index (χ4n) is 1.49. The Balaban J connectivity index is 1.60. The molecule has 0 saturated carbocycles. The number of nitrogens with one attached hydrogen (secondary N) is 2. The van der Waals surface area contributed by atoms with Gasteiger partial charge in [0, 0.05) is 0 Å². The molecule has 20 heavy (non-hydrogen) atoms. The summed E-state index contributed by atoms with van der Waals surface area (Å²) in [5.74, 6) is 0.177. The molecule has 0 unspecified atom stereocenters. The molecule has 0 bridgehead atoms. The van der Waals surface area contributed by atoms with E-state index in [2.05, 4.69) is 10.6 Å². The summed E-state index contributed by atoms with van der Waals surface area (Å²) in [5.41, 5.74) is 0. The molecule has 1 aromatic carbocycles. The van der Waals surface area contributed by atoms with Gasteiger partial charge in [0.2, 0.25) is 11.0 Å². The maximum atomic E-state index is 11.5. The van der Waals surface area contributed by atoms with Crippen LogP contribution >= 0.6 is 11.8 Å². The number of thioether (sulfide) groups is 1. The van der Waals surface area contributed by atoms with Gasteiger partial charge in [-0.2, -0.15) is 0 Å². The predicted molar refractivity (Wildman–Crippen MR) is 74.1 cm³/mol. The summed E-state index contributed by atoms with van der Waals surface area (Å²) >= 11 is 1.02. The Bertz CT molecular complexity index is 498. The van der Waals surface area contributed by atoms with Crippen LogP contribution in [-0.2, 0) is 14.4 Å². The quantitative estimate of drug-likeness (QED) is 0.737. The molecular formula is C13H14N2O4S. The molecule has 1 atom stereocenters. The van der Waals surface area contributed by atoms with Crippen molar-refractivity contribution >= 4 is 28.7 Å². The Morgan fingerprint density at radius 1 is 1.35 bits per heavy atom. The molecule has 2 rings (SSSR count). The summed E-state index contributed by atoms with van der Waals surface area (Å²) in [4.78, 5) is 33.6. The summed E-state index contributed by atoms with van der Waals surface area (Å²) in [6.45, 7) is -0.212. The van der Waals surface area contributed by atoms with Crippen LogP contribution in [-0.4, -0.2) is 35.5 Å². The van der Waals surface area contributed by atoms with Gasteiger partial charge in [-0.1, -0.05) is 30.0 Å². The molecule has 6 nitrogen and oxygen atoms in total. The van der Waals surface area contributed by atoms with Gasteiger partial charge in [0.25, 0.3) is 5.91 Å². The number of hydrogen-bond acceptors (Lipinski definition) is 5. The molecule has 1 aromatic rings. The fraction of sp³-hybridized carbons (Fsp3) is 0.308. The minimum absolute atomic E-state index is 0.0596. The van der Waals surface area contributed by atoms with Crippen LogP contribution in [0.2, 0.25) is 0 Å². The molecule has 1 fully saturated rings. The van der Waals surface area contributed by atoms with Gasteiger partial charge < -0.3 is 15.4 Å². The minimum atomic E-state index is -0.361. The average Bonchev–Trinajstić information content (AvgIpc) is 2.42. The topological polar surface area (TPSA) is 84.5 Å². The molecule has 0 radical (unpaired) electrons. The second-order valence-electron chi connectivity index (χ2n) is 4.13. The van der Waals surface area contributed by atoms with E-state index in [1.165, 1.54) is 0 Å². The third-order valence-electron chi connectivity index (χ3n) is 2.51. The van der Waals surface area contributed by atoms with Crippen molar-refractivity contribution in [2.24, 2.45) is 0 Å². The molecule has 0 aliphatic carbocycles. The van der Waals surface area contributed by atoms with Crippen molar-refractivity contribution in [2.45, 2.75) is 11.8 Å². The molecule has 7 heteroatoms. The van der Waals surface area contributed by atoms with E-state index in [1.54, 1.807) is 24.3 Å². The number of hydrogen-bond donors (Lipinski definition) is 2. The predicted octanol–water partition coefficient (Wildman–Crippen LogP) is 0.287. The normalized spacial score (nSPS) is 16.8. The van der Waals surface area contributed by atoms with Crippen molar-refractivity contribution in [3.63, 3.8) is 0 Å². The Morgan fingerprint density at radius 2 is 2.05 bits per heavy atom. The van der Waals surface area contributed by atoms with E-state index in [0.29, 0.717) is 12.2 Å². The number of amides is 2. The summed E-state index contributed by atoms with van der Waals surface area (Å²) in [6, 6.07) is 8.95. The van der Waals surface area contributed by atoms with E-state index in [-0.39, 0.29) is 35.5 Å². The average molecular weight is 294 g/mol. The number of carbonyl (C=O) groups is 3. The van der Waals surface area contributed by atoms with Crippen molar-refractivity contribution in [3.05, 3.63) is 30.3 Å². The highest BCUT2D eigenvalue weighted by atomic mass is 32.2. The largest absolute Gasteiger partial charge is 0.484 e. The molecule has 1 saturated heterocycles. The summed E-state index contributed by atoms with van der Waals surface area (Å²) < 4.78 is 5.24. The molecule has 1 aliphatic rings. The zero-order valence-electron chi connectivity index (χ0n) is 10.6. The van der Waals surface area contributed by atoms with Crippen molar-refractivity contribution in [2.75, 3.05) is 13.2 Å². The SMILES string of the molecule is O=C(COc1ccccc1)NCC(=O)S[C@@H]1CC(=O)N1. The van der Waals surface area contributed by atoms with Crippen molar-refractivity contribution < 1.29 is 19.1 Å². The molecule has 2 amide bonds. The lowest BCUT2D eigenvalue weighted by Gasteiger charge is -2.25. The molecule has 1 heterocycles. The standard InChI is InChI=1S/C13H14N2O4S/c16-10-6-12(15-10)20-13(18)7-14-11(17)8-19-9-4-2-1-3-5-9/h1-5,12H,6-8H2,(H,14,17)(H,15,16)/t12-/m1/s1. The monoisotopic (exact) mass is 294 g/mol. The maximum Gasteiger partial charge on any atom is 0.258 e. The van der Waals surface area contributed by atoms with E-state index in [4.69, 9.17) is 4.74 Å². The third kappa shape index (κ3) is 4.58. The van der Waals surface area contributed by atoms with Crippen LogP contribution in [0, 0.1) is 0 Å². The highest BCUT2D eigenvalue weighted by Crippen LogP contribution is 2.19. The zero-order chi connectivity index (χ0) is 14.4. The van der Waals surface area contributed by atoms with Crippen molar-refractivity contribution in [1.82, 2.24) is 10.6 Å². The van der Waals surface area contributed by atoms with E-state index in [0.717, 1.165) is 11.8 Å². The molecule has 2 N–H and O–H groups in total. The second kappa shape index (κ2) is 6.95. The summed E-state index contributed by atoms with van der Waals surface area (Å²) in [5, 5.41) is 4.69. The first-order chi connectivity index (χ1) is 9.63. The number of benzene rings is 1. The Kier molecular flexibility index (Phi) is 5.00. The van der Waals surface area contributed by atoms with E-state index >= 15 is 0 Å². The van der Waals surface area contributed by atoms with Crippen LogP contribution in [0.25, 0.3) is 0 Å². The van der Waals surface area contributed by atoms with Gasteiger partial charge in [0.05, 0.1) is 18.3 Å². The lowest BCUT2D eigenvalue weighted by molar-refractivity contribution is -0.126.